The maximum atomic E-state index is 13.2. The fourth-order valence-electron chi connectivity index (χ4n) is 2.11. The van der Waals surface area contributed by atoms with Crippen LogP contribution in [0.25, 0.3) is 0 Å². The Morgan fingerprint density at radius 1 is 0.846 bits per heavy atom. The van der Waals surface area contributed by atoms with Crippen LogP contribution in [0.5, 0.6) is 0 Å². The van der Waals surface area contributed by atoms with Crippen molar-refractivity contribution in [3.05, 3.63) is 83.2 Å². The number of nitrogens with zero attached hydrogens (tertiary/aromatic N) is 2. The van der Waals surface area contributed by atoms with Gasteiger partial charge >= 0.3 is 0 Å². The summed E-state index contributed by atoms with van der Waals surface area (Å²) >= 11 is 0. The average Bonchev–Trinajstić information content (AvgIpc) is 2.64. The van der Waals surface area contributed by atoms with Crippen molar-refractivity contribution in [2.24, 2.45) is 0 Å². The van der Waals surface area contributed by atoms with Crippen molar-refractivity contribution in [2.75, 3.05) is 10.6 Å². The van der Waals surface area contributed by atoms with Crippen LogP contribution in [0.3, 0.4) is 0 Å². The molecule has 2 aromatic carbocycles. The van der Waals surface area contributed by atoms with Crippen LogP contribution in [0.4, 0.5) is 24.8 Å². The van der Waals surface area contributed by atoms with E-state index in [1.807, 2.05) is 0 Å². The molecule has 0 spiro atoms. The maximum Gasteiger partial charge on any atom is 0.256 e. The molecule has 1 heterocycles. The molecule has 0 saturated carbocycles. The van der Waals surface area contributed by atoms with E-state index >= 15 is 0 Å². The van der Waals surface area contributed by atoms with Crippen molar-refractivity contribution in [3.63, 3.8) is 0 Å². The van der Waals surface area contributed by atoms with Gasteiger partial charge in [0.25, 0.3) is 5.91 Å². The summed E-state index contributed by atoms with van der Waals surface area (Å²) in [6, 6.07) is 12.0. The lowest BCUT2D eigenvalue weighted by Gasteiger charge is -2.07. The number of hydrogen-bond acceptors (Lipinski definition) is 4. The monoisotopic (exact) mass is 358 g/mol. The topological polar surface area (TPSA) is 66.9 Å². The van der Waals surface area contributed by atoms with E-state index in [0.717, 1.165) is 17.7 Å². The Hall–Kier alpha value is -3.42. The number of halogens is 3. The normalized spacial score (nSPS) is 10.4. The lowest BCUT2D eigenvalue weighted by atomic mass is 10.2. The van der Waals surface area contributed by atoms with E-state index in [2.05, 4.69) is 20.8 Å². The zero-order chi connectivity index (χ0) is 18.5. The van der Waals surface area contributed by atoms with Gasteiger partial charge in [0.05, 0.1) is 0 Å². The summed E-state index contributed by atoms with van der Waals surface area (Å²) in [5, 5.41) is 13.2. The van der Waals surface area contributed by atoms with Gasteiger partial charge in [-0.3, -0.25) is 4.79 Å². The number of nitrogens with one attached hydrogen (secondary N) is 2. The summed E-state index contributed by atoms with van der Waals surface area (Å²) in [5.74, 6) is -2.46. The largest absolute Gasteiger partial charge is 0.365 e. The van der Waals surface area contributed by atoms with Gasteiger partial charge in [0, 0.05) is 12.1 Å². The number of anilines is 2. The molecule has 0 bridgehead atoms. The van der Waals surface area contributed by atoms with Gasteiger partial charge < -0.3 is 10.6 Å². The molecule has 3 aromatic rings. The Bertz CT molecular complexity index is 915. The second-order valence-electron chi connectivity index (χ2n) is 5.37. The van der Waals surface area contributed by atoms with Crippen LogP contribution in [0.2, 0.25) is 0 Å². The zero-order valence-electron chi connectivity index (χ0n) is 13.3. The third-order valence-corrected chi connectivity index (χ3v) is 3.47. The molecular weight excluding hydrogens is 345 g/mol. The van der Waals surface area contributed by atoms with Crippen molar-refractivity contribution in [3.8, 4) is 0 Å². The molecule has 0 saturated heterocycles. The van der Waals surface area contributed by atoms with E-state index in [1.54, 1.807) is 18.2 Å². The first-order chi connectivity index (χ1) is 12.5. The van der Waals surface area contributed by atoms with E-state index in [4.69, 9.17) is 0 Å². The SMILES string of the molecule is O=C(Nc1ccc(NCc2ccc(F)cc2)nn1)c1ccc(F)c(F)c1. The van der Waals surface area contributed by atoms with Crippen LogP contribution in [0.1, 0.15) is 15.9 Å². The minimum Gasteiger partial charge on any atom is -0.365 e. The first-order valence-corrected chi connectivity index (χ1v) is 7.60. The fourth-order valence-corrected chi connectivity index (χ4v) is 2.11. The summed E-state index contributed by atoms with van der Waals surface area (Å²) in [7, 11) is 0. The third-order valence-electron chi connectivity index (χ3n) is 3.47. The predicted molar refractivity (Wildman–Crippen MR) is 90.1 cm³/mol. The van der Waals surface area contributed by atoms with Crippen LogP contribution < -0.4 is 10.6 Å². The number of carbonyl (C=O) groups is 1. The summed E-state index contributed by atoms with van der Waals surface area (Å²) in [6.07, 6.45) is 0. The van der Waals surface area contributed by atoms with Crippen LogP contribution in [0, 0.1) is 17.5 Å². The van der Waals surface area contributed by atoms with Gasteiger partial charge in [-0.25, -0.2) is 13.2 Å². The van der Waals surface area contributed by atoms with E-state index in [9.17, 15) is 18.0 Å². The molecule has 26 heavy (non-hydrogen) atoms. The van der Waals surface area contributed by atoms with Crippen molar-refractivity contribution in [1.29, 1.82) is 0 Å². The van der Waals surface area contributed by atoms with Gasteiger partial charge in [0.15, 0.2) is 17.5 Å². The number of aromatic nitrogens is 2. The molecule has 0 fully saturated rings. The first kappa shape index (κ1) is 17.4. The number of hydrogen-bond donors (Lipinski definition) is 2. The Kier molecular flexibility index (Phi) is 5.12. The zero-order valence-corrected chi connectivity index (χ0v) is 13.3. The van der Waals surface area contributed by atoms with Gasteiger partial charge in [0.1, 0.15) is 11.6 Å². The number of benzene rings is 2. The number of amides is 1. The minimum absolute atomic E-state index is 0.0378. The molecule has 3 rings (SSSR count). The van der Waals surface area contributed by atoms with Crippen LogP contribution >= 0.6 is 0 Å². The highest BCUT2D eigenvalue weighted by atomic mass is 19.2. The molecule has 1 aromatic heterocycles. The molecule has 0 radical (unpaired) electrons. The maximum absolute atomic E-state index is 13.2. The lowest BCUT2D eigenvalue weighted by molar-refractivity contribution is 0.102. The summed E-state index contributed by atoms with van der Waals surface area (Å²) < 4.78 is 38.9. The Morgan fingerprint density at radius 3 is 2.19 bits per heavy atom. The Morgan fingerprint density at radius 2 is 1.54 bits per heavy atom. The summed E-state index contributed by atoms with van der Waals surface area (Å²) in [5.41, 5.74) is 0.827. The fraction of sp³-hybridized carbons (Fsp3) is 0.0556. The molecule has 0 aliphatic carbocycles. The molecule has 0 unspecified atom stereocenters. The summed E-state index contributed by atoms with van der Waals surface area (Å²) in [6.45, 7) is 0.426. The molecule has 2 N–H and O–H groups in total. The van der Waals surface area contributed by atoms with Crippen LogP contribution in [0.15, 0.2) is 54.6 Å². The van der Waals surface area contributed by atoms with Crippen molar-refractivity contribution in [1.82, 2.24) is 10.2 Å². The average molecular weight is 358 g/mol. The van der Waals surface area contributed by atoms with Crippen LogP contribution in [-0.4, -0.2) is 16.1 Å². The highest BCUT2D eigenvalue weighted by molar-refractivity contribution is 6.03. The lowest BCUT2D eigenvalue weighted by Crippen LogP contribution is -2.14. The van der Waals surface area contributed by atoms with Gasteiger partial charge in [-0.2, -0.15) is 0 Å². The molecule has 0 aliphatic heterocycles. The predicted octanol–water partition coefficient (Wildman–Crippen LogP) is 3.76. The molecular formula is C18H13F3N4O. The molecule has 5 nitrogen and oxygen atoms in total. The molecule has 1 amide bonds. The molecule has 8 heteroatoms. The van der Waals surface area contributed by atoms with Crippen molar-refractivity contribution in [2.45, 2.75) is 6.54 Å². The second kappa shape index (κ2) is 7.64. The Balaban J connectivity index is 1.59. The van der Waals surface area contributed by atoms with Crippen LogP contribution in [-0.2, 0) is 6.54 Å². The number of carbonyl (C=O) groups excluding carboxylic acids is 1. The standard InChI is InChI=1S/C18H13F3N4O/c19-13-4-1-11(2-5-13)10-22-16-7-8-17(25-24-16)23-18(26)12-3-6-14(20)15(21)9-12/h1-9H,10H2,(H,22,24)(H,23,25,26). The van der Waals surface area contributed by atoms with Gasteiger partial charge in [-0.15, -0.1) is 10.2 Å². The minimum atomic E-state index is -1.11. The summed E-state index contributed by atoms with van der Waals surface area (Å²) in [4.78, 5) is 12.0. The van der Waals surface area contributed by atoms with Crippen molar-refractivity contribution >= 4 is 17.5 Å². The number of rotatable bonds is 5. The highest BCUT2D eigenvalue weighted by Crippen LogP contribution is 2.12. The van der Waals surface area contributed by atoms with E-state index < -0.39 is 17.5 Å². The molecule has 0 aliphatic rings. The quantitative estimate of drug-likeness (QED) is 0.729. The third kappa shape index (κ3) is 4.35. The molecule has 0 atom stereocenters. The van der Waals surface area contributed by atoms with Gasteiger partial charge in [0.2, 0.25) is 0 Å². The van der Waals surface area contributed by atoms with E-state index in [0.29, 0.717) is 12.4 Å². The molecule has 132 valence electrons. The van der Waals surface area contributed by atoms with E-state index in [1.165, 1.54) is 24.3 Å². The highest BCUT2D eigenvalue weighted by Gasteiger charge is 2.11. The first-order valence-electron chi connectivity index (χ1n) is 7.60. The van der Waals surface area contributed by atoms with Gasteiger partial charge in [-0.05, 0) is 48.0 Å². The van der Waals surface area contributed by atoms with Crippen molar-refractivity contribution < 1.29 is 18.0 Å². The van der Waals surface area contributed by atoms with Gasteiger partial charge in [-0.1, -0.05) is 12.1 Å². The second-order valence-corrected chi connectivity index (χ2v) is 5.37. The van der Waals surface area contributed by atoms with E-state index in [-0.39, 0.29) is 17.2 Å². The smallest absolute Gasteiger partial charge is 0.256 e. The Labute approximate surface area is 146 Å².